The Morgan fingerprint density at radius 1 is 0.875 bits per heavy atom. The molecular weight excluding hydrogens is 222 g/mol. The molecular formula is C12H9BClO2. The summed E-state index contributed by atoms with van der Waals surface area (Å²) in [6, 6.07) is 15.0. The molecule has 0 heterocycles. The van der Waals surface area contributed by atoms with Gasteiger partial charge in [-0.2, -0.15) is 0 Å². The monoisotopic (exact) mass is 231 g/mol. The van der Waals surface area contributed by atoms with Gasteiger partial charge in [0.15, 0.2) is 0 Å². The van der Waals surface area contributed by atoms with Gasteiger partial charge in [0, 0.05) is 5.02 Å². The maximum atomic E-state index is 8.47. The first-order chi connectivity index (χ1) is 7.79. The highest BCUT2D eigenvalue weighted by Gasteiger charge is 1.99. The molecule has 79 valence electrons. The van der Waals surface area contributed by atoms with Gasteiger partial charge in [-0.3, -0.25) is 0 Å². The van der Waals surface area contributed by atoms with Crippen molar-refractivity contribution in [2.24, 2.45) is 0 Å². The van der Waals surface area contributed by atoms with E-state index in [1.54, 1.807) is 12.1 Å². The van der Waals surface area contributed by atoms with Crippen molar-refractivity contribution < 1.29 is 9.68 Å². The van der Waals surface area contributed by atoms with Crippen LogP contribution in [0.15, 0.2) is 48.5 Å². The van der Waals surface area contributed by atoms with Crippen molar-refractivity contribution in [2.75, 3.05) is 0 Å². The number of rotatable bonds is 3. The minimum Gasteiger partial charge on any atom is -0.537 e. The zero-order valence-electron chi connectivity index (χ0n) is 8.43. The molecule has 0 aliphatic heterocycles. The standard InChI is InChI=1S/C12H9BClO2/c14-11-5-1-9(2-6-11)10-3-7-12(8-4-10)16-13-15/h1-8,15H. The van der Waals surface area contributed by atoms with E-state index in [1.807, 2.05) is 36.4 Å². The molecule has 2 aromatic rings. The number of hydrogen-bond acceptors (Lipinski definition) is 2. The quantitative estimate of drug-likeness (QED) is 0.823. The summed E-state index contributed by atoms with van der Waals surface area (Å²) in [4.78, 5) is 0. The average Bonchev–Trinajstić information content (AvgIpc) is 2.32. The summed E-state index contributed by atoms with van der Waals surface area (Å²) in [7, 11) is 0.664. The molecule has 16 heavy (non-hydrogen) atoms. The van der Waals surface area contributed by atoms with Crippen molar-refractivity contribution >= 4 is 19.3 Å². The SMILES string of the molecule is O[B]Oc1ccc(-c2ccc(Cl)cc2)cc1. The second-order valence-corrected chi connectivity index (χ2v) is 3.69. The summed E-state index contributed by atoms with van der Waals surface area (Å²) < 4.78 is 4.83. The van der Waals surface area contributed by atoms with Gasteiger partial charge in [-0.15, -0.1) is 0 Å². The molecule has 0 fully saturated rings. The highest BCUT2D eigenvalue weighted by Crippen LogP contribution is 2.23. The lowest BCUT2D eigenvalue weighted by molar-refractivity contribution is 0.454. The molecule has 0 saturated heterocycles. The molecule has 2 nitrogen and oxygen atoms in total. The molecule has 0 saturated carbocycles. The zero-order valence-corrected chi connectivity index (χ0v) is 9.19. The first kappa shape index (κ1) is 11.1. The largest absolute Gasteiger partial charge is 0.569 e. The normalized spacial score (nSPS) is 9.88. The van der Waals surface area contributed by atoms with E-state index in [0.29, 0.717) is 13.4 Å². The van der Waals surface area contributed by atoms with Crippen LogP contribution in [0.3, 0.4) is 0 Å². The van der Waals surface area contributed by atoms with Crippen LogP contribution in [0.2, 0.25) is 5.02 Å². The summed E-state index contributed by atoms with van der Waals surface area (Å²) in [6.07, 6.45) is 0. The van der Waals surface area contributed by atoms with Crippen LogP contribution < -0.4 is 4.65 Å². The molecule has 0 aromatic heterocycles. The third-order valence-electron chi connectivity index (χ3n) is 2.22. The van der Waals surface area contributed by atoms with Crippen molar-refractivity contribution in [3.05, 3.63) is 53.6 Å². The van der Waals surface area contributed by atoms with Crippen LogP contribution in [0.4, 0.5) is 0 Å². The molecule has 0 unspecified atom stereocenters. The second-order valence-electron chi connectivity index (χ2n) is 3.25. The van der Waals surface area contributed by atoms with Crippen LogP contribution >= 0.6 is 11.6 Å². The van der Waals surface area contributed by atoms with Crippen LogP contribution in [0, 0.1) is 0 Å². The van der Waals surface area contributed by atoms with Gasteiger partial charge in [0.1, 0.15) is 5.75 Å². The Labute approximate surface area is 99.8 Å². The molecule has 0 amide bonds. The van der Waals surface area contributed by atoms with Crippen LogP contribution in [0.5, 0.6) is 5.75 Å². The number of halogens is 1. The first-order valence-corrected chi connectivity index (χ1v) is 5.16. The topological polar surface area (TPSA) is 29.5 Å². The van der Waals surface area contributed by atoms with E-state index in [1.165, 1.54) is 0 Å². The predicted molar refractivity (Wildman–Crippen MR) is 65.5 cm³/mol. The molecule has 2 rings (SSSR count). The van der Waals surface area contributed by atoms with Gasteiger partial charge in [-0.05, 0) is 35.4 Å². The van der Waals surface area contributed by atoms with Gasteiger partial charge in [0.05, 0.1) is 0 Å². The van der Waals surface area contributed by atoms with Crippen LogP contribution in [0.25, 0.3) is 11.1 Å². The van der Waals surface area contributed by atoms with Gasteiger partial charge >= 0.3 is 7.69 Å². The van der Waals surface area contributed by atoms with Gasteiger partial charge in [-0.1, -0.05) is 35.9 Å². The maximum Gasteiger partial charge on any atom is 0.569 e. The van der Waals surface area contributed by atoms with E-state index in [-0.39, 0.29) is 0 Å². The Kier molecular flexibility index (Phi) is 3.49. The van der Waals surface area contributed by atoms with E-state index < -0.39 is 0 Å². The van der Waals surface area contributed by atoms with Crippen molar-refractivity contribution in [3.63, 3.8) is 0 Å². The van der Waals surface area contributed by atoms with Crippen LogP contribution in [-0.2, 0) is 0 Å². The lowest BCUT2D eigenvalue weighted by atomic mass is 10.1. The lowest BCUT2D eigenvalue weighted by Gasteiger charge is -2.04. The van der Waals surface area contributed by atoms with Crippen molar-refractivity contribution in [1.82, 2.24) is 0 Å². The number of benzene rings is 2. The minimum atomic E-state index is 0.597. The molecule has 1 N–H and O–H groups in total. The Balaban J connectivity index is 2.24. The first-order valence-electron chi connectivity index (χ1n) is 4.78. The minimum absolute atomic E-state index is 0.597. The predicted octanol–water partition coefficient (Wildman–Crippen LogP) is 2.91. The second kappa shape index (κ2) is 5.06. The molecule has 0 aliphatic rings. The summed E-state index contributed by atoms with van der Waals surface area (Å²) in [5.41, 5.74) is 2.16. The summed E-state index contributed by atoms with van der Waals surface area (Å²) >= 11 is 5.81. The highest BCUT2D eigenvalue weighted by atomic mass is 35.5. The van der Waals surface area contributed by atoms with Gasteiger partial charge in [0.2, 0.25) is 0 Å². The molecule has 0 bridgehead atoms. The van der Waals surface area contributed by atoms with Crippen LogP contribution in [0.1, 0.15) is 0 Å². The molecule has 0 spiro atoms. The average molecular weight is 231 g/mol. The molecule has 1 radical (unpaired) electrons. The third-order valence-corrected chi connectivity index (χ3v) is 2.47. The maximum absolute atomic E-state index is 8.47. The van der Waals surface area contributed by atoms with Gasteiger partial charge in [-0.25, -0.2) is 0 Å². The fourth-order valence-corrected chi connectivity index (χ4v) is 1.56. The summed E-state index contributed by atoms with van der Waals surface area (Å²) in [5, 5.41) is 9.20. The fourth-order valence-electron chi connectivity index (χ4n) is 1.43. The van der Waals surface area contributed by atoms with E-state index in [0.717, 1.165) is 16.1 Å². The Morgan fingerprint density at radius 2 is 1.38 bits per heavy atom. The highest BCUT2D eigenvalue weighted by molar-refractivity contribution is 6.30. The summed E-state index contributed by atoms with van der Waals surface area (Å²) in [6.45, 7) is 0. The Hall–Kier alpha value is -1.45. The fraction of sp³-hybridized carbons (Fsp3) is 0. The summed E-state index contributed by atoms with van der Waals surface area (Å²) in [5.74, 6) is 0.597. The van der Waals surface area contributed by atoms with E-state index >= 15 is 0 Å². The van der Waals surface area contributed by atoms with Crippen molar-refractivity contribution in [1.29, 1.82) is 0 Å². The molecule has 4 heteroatoms. The zero-order chi connectivity index (χ0) is 11.4. The number of hydrogen-bond donors (Lipinski definition) is 1. The van der Waals surface area contributed by atoms with Gasteiger partial charge in [0.25, 0.3) is 0 Å². The van der Waals surface area contributed by atoms with E-state index in [9.17, 15) is 0 Å². The molecule has 2 aromatic carbocycles. The van der Waals surface area contributed by atoms with E-state index in [2.05, 4.69) is 0 Å². The van der Waals surface area contributed by atoms with Crippen LogP contribution in [-0.4, -0.2) is 12.7 Å². The van der Waals surface area contributed by atoms with Crippen molar-refractivity contribution in [3.8, 4) is 16.9 Å². The molecule has 0 atom stereocenters. The Morgan fingerprint density at radius 3 is 1.88 bits per heavy atom. The van der Waals surface area contributed by atoms with Crippen molar-refractivity contribution in [2.45, 2.75) is 0 Å². The third kappa shape index (κ3) is 2.57. The van der Waals surface area contributed by atoms with E-state index in [4.69, 9.17) is 21.3 Å². The van der Waals surface area contributed by atoms with Gasteiger partial charge < -0.3 is 9.68 Å². The Bertz CT molecular complexity index is 453. The molecule has 0 aliphatic carbocycles. The lowest BCUT2D eigenvalue weighted by Crippen LogP contribution is -1.99. The smallest absolute Gasteiger partial charge is 0.537 e.